The zero-order chi connectivity index (χ0) is 15.3. The van der Waals surface area contributed by atoms with Gasteiger partial charge in [-0.2, -0.15) is 0 Å². The van der Waals surface area contributed by atoms with Crippen molar-refractivity contribution in [2.45, 2.75) is 39.8 Å². The summed E-state index contributed by atoms with van der Waals surface area (Å²) in [6.45, 7) is 6.49. The van der Waals surface area contributed by atoms with Gasteiger partial charge in [0.25, 0.3) is 0 Å². The van der Waals surface area contributed by atoms with Gasteiger partial charge in [0.05, 0.1) is 12.5 Å². The second-order valence-electron chi connectivity index (χ2n) is 5.00. The van der Waals surface area contributed by atoms with Crippen molar-refractivity contribution in [2.24, 2.45) is 5.92 Å². The predicted octanol–water partition coefficient (Wildman–Crippen LogP) is 2.30. The van der Waals surface area contributed by atoms with E-state index in [1.165, 1.54) is 6.07 Å². The van der Waals surface area contributed by atoms with Crippen LogP contribution in [0.1, 0.15) is 43.5 Å². The minimum atomic E-state index is -1.11. The maximum Gasteiger partial charge on any atom is 0.371 e. The average Bonchev–Trinajstić information content (AvgIpc) is 2.85. The fraction of sp³-hybridized carbons (Fsp3) is 0.571. The van der Waals surface area contributed by atoms with E-state index >= 15 is 0 Å². The molecule has 6 heteroatoms. The Bertz CT molecular complexity index is 468. The zero-order valence-corrected chi connectivity index (χ0v) is 12.0. The van der Waals surface area contributed by atoms with Crippen LogP contribution in [-0.4, -0.2) is 39.6 Å². The summed E-state index contributed by atoms with van der Waals surface area (Å²) in [6.07, 6.45) is 0.874. The number of nitrogens with zero attached hydrogens (tertiary/aromatic N) is 1. The highest BCUT2D eigenvalue weighted by Crippen LogP contribution is 2.16. The minimum absolute atomic E-state index is 0.101. The summed E-state index contributed by atoms with van der Waals surface area (Å²) in [6, 6.07) is 3.22. The number of carboxylic acids is 2. The second kappa shape index (κ2) is 7.09. The Morgan fingerprint density at radius 1 is 1.30 bits per heavy atom. The van der Waals surface area contributed by atoms with Gasteiger partial charge < -0.3 is 14.6 Å². The largest absolute Gasteiger partial charge is 0.481 e. The van der Waals surface area contributed by atoms with Crippen LogP contribution in [0.2, 0.25) is 0 Å². The molecule has 0 saturated heterocycles. The highest BCUT2D eigenvalue weighted by Gasteiger charge is 2.21. The molecule has 1 heterocycles. The summed E-state index contributed by atoms with van der Waals surface area (Å²) in [7, 11) is 0. The molecule has 0 fully saturated rings. The van der Waals surface area contributed by atoms with Crippen LogP contribution >= 0.6 is 0 Å². The van der Waals surface area contributed by atoms with Crippen LogP contribution in [0, 0.1) is 5.92 Å². The molecule has 0 spiro atoms. The number of rotatable bonds is 8. The SMILES string of the molecule is CCC(C)N(Cc1ccc(C(=O)O)o1)CC(C)C(=O)O. The van der Waals surface area contributed by atoms with Gasteiger partial charge in [-0.05, 0) is 25.5 Å². The summed E-state index contributed by atoms with van der Waals surface area (Å²) in [5.74, 6) is -2.01. The van der Waals surface area contributed by atoms with Crippen molar-refractivity contribution in [1.82, 2.24) is 4.90 Å². The Hall–Kier alpha value is -1.82. The molecular weight excluding hydrogens is 262 g/mol. The zero-order valence-electron chi connectivity index (χ0n) is 12.0. The third-order valence-corrected chi connectivity index (χ3v) is 3.38. The molecular formula is C14H21NO5. The Morgan fingerprint density at radius 2 is 1.95 bits per heavy atom. The second-order valence-corrected chi connectivity index (χ2v) is 5.00. The highest BCUT2D eigenvalue weighted by molar-refractivity contribution is 5.84. The molecule has 0 bridgehead atoms. The van der Waals surface area contributed by atoms with Gasteiger partial charge in [0.15, 0.2) is 0 Å². The number of furan rings is 1. The molecule has 1 aromatic rings. The van der Waals surface area contributed by atoms with Crippen LogP contribution in [-0.2, 0) is 11.3 Å². The van der Waals surface area contributed by atoms with Crippen LogP contribution in [0.15, 0.2) is 16.5 Å². The maximum atomic E-state index is 11.0. The molecule has 6 nitrogen and oxygen atoms in total. The van der Waals surface area contributed by atoms with Gasteiger partial charge in [0, 0.05) is 12.6 Å². The molecule has 1 aromatic heterocycles. The van der Waals surface area contributed by atoms with Gasteiger partial charge in [-0.25, -0.2) is 4.79 Å². The first kappa shape index (κ1) is 16.2. The van der Waals surface area contributed by atoms with E-state index in [0.29, 0.717) is 18.8 Å². The number of hydrogen-bond donors (Lipinski definition) is 2. The van der Waals surface area contributed by atoms with Crippen LogP contribution in [0.25, 0.3) is 0 Å². The van der Waals surface area contributed by atoms with Crippen LogP contribution < -0.4 is 0 Å². The first-order chi connectivity index (χ1) is 9.35. The third kappa shape index (κ3) is 4.38. The molecule has 0 aliphatic rings. The molecule has 2 N–H and O–H groups in total. The molecule has 112 valence electrons. The number of aromatic carboxylic acids is 1. The van der Waals surface area contributed by atoms with Crippen molar-refractivity contribution < 1.29 is 24.2 Å². The Labute approximate surface area is 118 Å². The van der Waals surface area contributed by atoms with Crippen LogP contribution in [0.5, 0.6) is 0 Å². The lowest BCUT2D eigenvalue weighted by atomic mass is 10.1. The summed E-state index contributed by atoms with van der Waals surface area (Å²) >= 11 is 0. The van der Waals surface area contributed by atoms with E-state index in [4.69, 9.17) is 14.6 Å². The Morgan fingerprint density at radius 3 is 2.40 bits per heavy atom. The smallest absolute Gasteiger partial charge is 0.371 e. The molecule has 0 radical (unpaired) electrons. The third-order valence-electron chi connectivity index (χ3n) is 3.38. The molecule has 0 saturated carbocycles. The Kier molecular flexibility index (Phi) is 5.76. The summed E-state index contributed by atoms with van der Waals surface area (Å²) in [5, 5.41) is 17.8. The standard InChI is InChI=1S/C14H21NO5/c1-4-10(3)15(7-9(2)13(16)17)8-11-5-6-12(20-11)14(18)19/h5-6,9-10H,4,7-8H2,1-3H3,(H,16,17)(H,18,19). The molecule has 2 unspecified atom stereocenters. The lowest BCUT2D eigenvalue weighted by Crippen LogP contribution is -2.37. The predicted molar refractivity (Wildman–Crippen MR) is 72.6 cm³/mol. The number of carboxylic acid groups (broad SMARTS) is 2. The molecule has 20 heavy (non-hydrogen) atoms. The van der Waals surface area contributed by atoms with Gasteiger partial charge in [-0.3, -0.25) is 9.69 Å². The highest BCUT2D eigenvalue weighted by atomic mass is 16.4. The van der Waals surface area contributed by atoms with E-state index in [0.717, 1.165) is 6.42 Å². The van der Waals surface area contributed by atoms with E-state index in [1.54, 1.807) is 13.0 Å². The molecule has 1 rings (SSSR count). The minimum Gasteiger partial charge on any atom is -0.481 e. The molecule has 0 aliphatic carbocycles. The molecule has 0 aliphatic heterocycles. The van der Waals surface area contributed by atoms with E-state index < -0.39 is 17.9 Å². The lowest BCUT2D eigenvalue weighted by Gasteiger charge is -2.28. The van der Waals surface area contributed by atoms with Gasteiger partial charge in [0.1, 0.15) is 5.76 Å². The van der Waals surface area contributed by atoms with E-state index in [-0.39, 0.29) is 11.8 Å². The fourth-order valence-electron chi connectivity index (χ4n) is 1.87. The monoisotopic (exact) mass is 283 g/mol. The van der Waals surface area contributed by atoms with Gasteiger partial charge in [-0.15, -0.1) is 0 Å². The van der Waals surface area contributed by atoms with Crippen molar-refractivity contribution in [2.75, 3.05) is 6.54 Å². The summed E-state index contributed by atoms with van der Waals surface area (Å²) in [5.41, 5.74) is 0. The van der Waals surface area contributed by atoms with E-state index in [9.17, 15) is 9.59 Å². The van der Waals surface area contributed by atoms with Gasteiger partial charge >= 0.3 is 11.9 Å². The lowest BCUT2D eigenvalue weighted by molar-refractivity contribution is -0.142. The maximum absolute atomic E-state index is 11.0. The normalized spacial score (nSPS) is 14.2. The first-order valence-electron chi connectivity index (χ1n) is 6.64. The number of carbonyl (C=O) groups is 2. The van der Waals surface area contributed by atoms with Gasteiger partial charge in [-0.1, -0.05) is 13.8 Å². The summed E-state index contributed by atoms with van der Waals surface area (Å²) < 4.78 is 5.22. The first-order valence-corrected chi connectivity index (χ1v) is 6.64. The quantitative estimate of drug-likeness (QED) is 0.760. The van der Waals surface area contributed by atoms with Crippen molar-refractivity contribution >= 4 is 11.9 Å². The topological polar surface area (TPSA) is 91.0 Å². The van der Waals surface area contributed by atoms with E-state index in [2.05, 4.69) is 0 Å². The van der Waals surface area contributed by atoms with Crippen molar-refractivity contribution in [3.63, 3.8) is 0 Å². The van der Waals surface area contributed by atoms with Crippen molar-refractivity contribution in [3.8, 4) is 0 Å². The average molecular weight is 283 g/mol. The number of aliphatic carboxylic acids is 1. The molecule has 2 atom stereocenters. The van der Waals surface area contributed by atoms with Crippen LogP contribution in [0.4, 0.5) is 0 Å². The molecule has 0 amide bonds. The number of hydrogen-bond acceptors (Lipinski definition) is 4. The van der Waals surface area contributed by atoms with E-state index in [1.807, 2.05) is 18.7 Å². The van der Waals surface area contributed by atoms with Gasteiger partial charge in [0.2, 0.25) is 5.76 Å². The fourth-order valence-corrected chi connectivity index (χ4v) is 1.87. The summed E-state index contributed by atoms with van der Waals surface area (Å²) in [4.78, 5) is 23.7. The van der Waals surface area contributed by atoms with Crippen molar-refractivity contribution in [3.05, 3.63) is 23.7 Å². The molecule has 0 aromatic carbocycles. The van der Waals surface area contributed by atoms with Crippen molar-refractivity contribution in [1.29, 1.82) is 0 Å². The Balaban J connectivity index is 2.77. The van der Waals surface area contributed by atoms with Crippen LogP contribution in [0.3, 0.4) is 0 Å².